The van der Waals surface area contributed by atoms with E-state index in [1.807, 2.05) is 0 Å². The fourth-order valence-corrected chi connectivity index (χ4v) is 2.16. The van der Waals surface area contributed by atoms with Crippen molar-refractivity contribution in [3.05, 3.63) is 35.4 Å². The fourth-order valence-electron chi connectivity index (χ4n) is 2.16. The van der Waals surface area contributed by atoms with Crippen LogP contribution in [0.1, 0.15) is 18.4 Å². The van der Waals surface area contributed by atoms with Gasteiger partial charge in [-0.2, -0.15) is 5.26 Å². The predicted molar refractivity (Wildman–Crippen MR) is 58.2 cm³/mol. The van der Waals surface area contributed by atoms with Crippen molar-refractivity contribution in [2.24, 2.45) is 5.41 Å². The molecule has 1 heterocycles. The van der Waals surface area contributed by atoms with E-state index in [1.54, 1.807) is 0 Å². The van der Waals surface area contributed by atoms with Gasteiger partial charge in [0, 0.05) is 12.2 Å². The highest BCUT2D eigenvalue weighted by molar-refractivity contribution is 5.23. The lowest BCUT2D eigenvalue weighted by molar-refractivity contribution is 0.0216. The lowest BCUT2D eigenvalue weighted by Crippen LogP contribution is -2.33. The summed E-state index contributed by atoms with van der Waals surface area (Å²) in [6.45, 7) is 0.862. The number of benzene rings is 1. The Kier molecular flexibility index (Phi) is 3.39. The molecule has 0 radical (unpaired) electrons. The van der Waals surface area contributed by atoms with E-state index < -0.39 is 17.0 Å². The Bertz CT molecular complexity index is 427. The smallest absolute Gasteiger partial charge is 0.129 e. The molecule has 4 heteroatoms. The number of nitriles is 1. The van der Waals surface area contributed by atoms with E-state index in [2.05, 4.69) is 6.07 Å². The minimum atomic E-state index is -0.790. The molecule has 1 unspecified atom stereocenters. The second-order valence-corrected chi connectivity index (χ2v) is 4.43. The Morgan fingerprint density at radius 3 is 2.59 bits per heavy atom. The standard InChI is InChI=1S/C13H13F2NO/c14-11-3-1-4-12(15)10(11)7-13(8-16)5-2-6-17-9-13/h1,3-4H,2,5-7,9H2. The molecule has 1 aromatic carbocycles. The van der Waals surface area contributed by atoms with Gasteiger partial charge in [0.2, 0.25) is 0 Å². The van der Waals surface area contributed by atoms with E-state index in [0.717, 1.165) is 6.42 Å². The number of ether oxygens (including phenoxy) is 1. The molecule has 1 aliphatic heterocycles. The van der Waals surface area contributed by atoms with Crippen molar-refractivity contribution >= 4 is 0 Å². The minimum Gasteiger partial charge on any atom is -0.380 e. The van der Waals surface area contributed by atoms with E-state index in [4.69, 9.17) is 4.74 Å². The van der Waals surface area contributed by atoms with Crippen molar-refractivity contribution in [1.29, 1.82) is 5.26 Å². The Hall–Kier alpha value is -1.47. The maximum absolute atomic E-state index is 13.5. The van der Waals surface area contributed by atoms with Crippen molar-refractivity contribution < 1.29 is 13.5 Å². The lowest BCUT2D eigenvalue weighted by Gasteiger charge is -2.30. The van der Waals surface area contributed by atoms with Gasteiger partial charge in [0.05, 0.1) is 18.1 Å². The number of nitrogens with zero attached hydrogens (tertiary/aromatic N) is 1. The first-order valence-corrected chi connectivity index (χ1v) is 5.59. The number of halogens is 2. The molecule has 0 aromatic heterocycles. The van der Waals surface area contributed by atoms with Gasteiger partial charge in [0.25, 0.3) is 0 Å². The van der Waals surface area contributed by atoms with Crippen LogP contribution in [0, 0.1) is 28.4 Å². The van der Waals surface area contributed by atoms with Crippen LogP contribution in [0.5, 0.6) is 0 Å². The second-order valence-electron chi connectivity index (χ2n) is 4.43. The van der Waals surface area contributed by atoms with Crippen LogP contribution in [0.2, 0.25) is 0 Å². The van der Waals surface area contributed by atoms with Gasteiger partial charge in [-0.15, -0.1) is 0 Å². The molecule has 1 aromatic rings. The molecule has 2 rings (SSSR count). The molecule has 90 valence electrons. The summed E-state index contributed by atoms with van der Waals surface area (Å²) in [6, 6.07) is 5.92. The third-order valence-electron chi connectivity index (χ3n) is 3.14. The topological polar surface area (TPSA) is 33.0 Å². The van der Waals surface area contributed by atoms with Gasteiger partial charge in [-0.25, -0.2) is 8.78 Å². The van der Waals surface area contributed by atoms with Crippen molar-refractivity contribution in [2.75, 3.05) is 13.2 Å². The Balaban J connectivity index is 2.27. The molecular formula is C13H13F2NO. The Morgan fingerprint density at radius 2 is 2.06 bits per heavy atom. The zero-order chi connectivity index (χ0) is 12.3. The van der Waals surface area contributed by atoms with Gasteiger partial charge in [-0.1, -0.05) is 6.07 Å². The van der Waals surface area contributed by atoms with Crippen LogP contribution in [0.4, 0.5) is 8.78 Å². The van der Waals surface area contributed by atoms with Crippen LogP contribution in [0.15, 0.2) is 18.2 Å². The van der Waals surface area contributed by atoms with Crippen LogP contribution >= 0.6 is 0 Å². The van der Waals surface area contributed by atoms with Gasteiger partial charge in [0.15, 0.2) is 0 Å². The van der Waals surface area contributed by atoms with Crippen molar-refractivity contribution in [2.45, 2.75) is 19.3 Å². The van der Waals surface area contributed by atoms with Crippen LogP contribution < -0.4 is 0 Å². The molecule has 0 saturated carbocycles. The van der Waals surface area contributed by atoms with E-state index in [0.29, 0.717) is 13.0 Å². The van der Waals surface area contributed by atoms with Crippen molar-refractivity contribution in [1.82, 2.24) is 0 Å². The molecule has 0 bridgehead atoms. The second kappa shape index (κ2) is 4.80. The SMILES string of the molecule is N#CC1(Cc2c(F)cccc2F)CCCOC1. The minimum absolute atomic E-state index is 0.0143. The molecule has 1 aliphatic rings. The zero-order valence-electron chi connectivity index (χ0n) is 9.38. The molecule has 1 saturated heterocycles. The molecule has 2 nitrogen and oxygen atoms in total. The quantitative estimate of drug-likeness (QED) is 0.792. The molecule has 0 amide bonds. The lowest BCUT2D eigenvalue weighted by atomic mass is 9.78. The molecule has 1 fully saturated rings. The maximum Gasteiger partial charge on any atom is 0.129 e. The maximum atomic E-state index is 13.5. The number of hydrogen-bond acceptors (Lipinski definition) is 2. The molecule has 0 N–H and O–H groups in total. The summed E-state index contributed by atoms with van der Waals surface area (Å²) in [5.74, 6) is -1.18. The highest BCUT2D eigenvalue weighted by Crippen LogP contribution is 2.33. The van der Waals surface area contributed by atoms with Gasteiger partial charge >= 0.3 is 0 Å². The average Bonchev–Trinajstić information content (AvgIpc) is 2.35. The highest BCUT2D eigenvalue weighted by atomic mass is 19.1. The van der Waals surface area contributed by atoms with Crippen LogP contribution in [-0.2, 0) is 11.2 Å². The predicted octanol–water partition coefficient (Wildman–Crippen LogP) is 2.83. The number of rotatable bonds is 2. The molecule has 17 heavy (non-hydrogen) atoms. The summed E-state index contributed by atoms with van der Waals surface area (Å²) < 4.78 is 32.3. The van der Waals surface area contributed by atoms with E-state index >= 15 is 0 Å². The summed E-state index contributed by atoms with van der Waals surface area (Å²) in [4.78, 5) is 0. The van der Waals surface area contributed by atoms with Crippen LogP contribution in [-0.4, -0.2) is 13.2 Å². The van der Waals surface area contributed by atoms with E-state index in [-0.39, 0.29) is 18.6 Å². The van der Waals surface area contributed by atoms with Gasteiger partial charge in [-0.3, -0.25) is 0 Å². The van der Waals surface area contributed by atoms with E-state index in [9.17, 15) is 14.0 Å². The number of hydrogen-bond donors (Lipinski definition) is 0. The third-order valence-corrected chi connectivity index (χ3v) is 3.14. The largest absolute Gasteiger partial charge is 0.380 e. The summed E-state index contributed by atoms with van der Waals surface area (Å²) in [6.07, 6.45) is 1.45. The van der Waals surface area contributed by atoms with Gasteiger partial charge in [0.1, 0.15) is 11.6 Å². The summed E-state index contributed by atoms with van der Waals surface area (Å²) in [5.41, 5.74) is -0.805. The molecular weight excluding hydrogens is 224 g/mol. The first-order chi connectivity index (χ1) is 8.17. The monoisotopic (exact) mass is 237 g/mol. The third kappa shape index (κ3) is 2.45. The molecule has 0 spiro atoms. The highest BCUT2D eigenvalue weighted by Gasteiger charge is 2.35. The summed E-state index contributed by atoms with van der Waals surface area (Å²) >= 11 is 0. The fraction of sp³-hybridized carbons (Fsp3) is 0.462. The van der Waals surface area contributed by atoms with Crippen LogP contribution in [0.25, 0.3) is 0 Å². The van der Waals surface area contributed by atoms with Gasteiger partial charge in [-0.05, 0) is 31.4 Å². The first-order valence-electron chi connectivity index (χ1n) is 5.59. The Morgan fingerprint density at radius 1 is 1.35 bits per heavy atom. The molecule has 0 aliphatic carbocycles. The first kappa shape index (κ1) is 12.0. The van der Waals surface area contributed by atoms with Crippen LogP contribution in [0.3, 0.4) is 0 Å². The average molecular weight is 237 g/mol. The summed E-state index contributed by atoms with van der Waals surface area (Å²) in [5, 5.41) is 9.21. The molecule has 1 atom stereocenters. The van der Waals surface area contributed by atoms with E-state index in [1.165, 1.54) is 18.2 Å². The normalized spacial score (nSPS) is 24.3. The van der Waals surface area contributed by atoms with Crippen molar-refractivity contribution in [3.63, 3.8) is 0 Å². The summed E-state index contributed by atoms with van der Waals surface area (Å²) in [7, 11) is 0. The zero-order valence-corrected chi connectivity index (χ0v) is 9.38. The Labute approximate surface area is 98.8 Å². The van der Waals surface area contributed by atoms with Crippen molar-refractivity contribution in [3.8, 4) is 6.07 Å². The van der Waals surface area contributed by atoms with Gasteiger partial charge < -0.3 is 4.74 Å².